The molecule has 0 aliphatic carbocycles. The zero-order valence-corrected chi connectivity index (χ0v) is 11.8. The number of carbonyl (C=O) groups excluding carboxylic acids is 1. The maximum atomic E-state index is 12.2. The maximum absolute atomic E-state index is 12.2. The summed E-state index contributed by atoms with van der Waals surface area (Å²) in [4.78, 5) is 18.1. The number of nitrogens with two attached hydrogens (primary N) is 1. The molecule has 1 aromatic carbocycles. The Morgan fingerprint density at radius 1 is 1.47 bits per heavy atom. The molecule has 1 aromatic heterocycles. The molecule has 19 heavy (non-hydrogen) atoms. The first-order valence-corrected chi connectivity index (χ1v) is 7.76. The predicted octanol–water partition coefficient (Wildman–Crippen LogP) is 2.41. The summed E-state index contributed by atoms with van der Waals surface area (Å²) in [7, 11) is 0. The third kappa shape index (κ3) is 2.59. The van der Waals surface area contributed by atoms with Crippen molar-refractivity contribution in [3.8, 4) is 0 Å². The quantitative estimate of drug-likeness (QED) is 0.882. The van der Waals surface area contributed by atoms with Crippen LogP contribution in [-0.2, 0) is 11.2 Å². The molecule has 0 radical (unpaired) electrons. The van der Waals surface area contributed by atoms with E-state index in [-0.39, 0.29) is 5.91 Å². The van der Waals surface area contributed by atoms with E-state index in [1.54, 1.807) is 6.20 Å². The summed E-state index contributed by atoms with van der Waals surface area (Å²) in [5.41, 5.74) is 7.87. The van der Waals surface area contributed by atoms with Crippen molar-refractivity contribution in [3.63, 3.8) is 0 Å². The van der Waals surface area contributed by atoms with E-state index >= 15 is 0 Å². The molecule has 1 amide bonds. The van der Waals surface area contributed by atoms with Gasteiger partial charge in [-0.2, -0.15) is 0 Å². The minimum Gasteiger partial charge on any atom is -0.375 e. The van der Waals surface area contributed by atoms with Gasteiger partial charge in [0.1, 0.15) is 0 Å². The van der Waals surface area contributed by atoms with Crippen molar-refractivity contribution in [1.29, 1.82) is 0 Å². The standard InChI is InChI=1S/C13H13N3OS2/c14-13-15-7-12(19-13)18-8-11(17)16-6-5-9-3-1-2-4-10(9)16/h1-4,7H,5-6,8H2,(H2,14,15). The number of aromatic nitrogens is 1. The molecule has 0 unspecified atom stereocenters. The van der Waals surface area contributed by atoms with Crippen molar-refractivity contribution in [2.75, 3.05) is 22.9 Å². The molecule has 1 aliphatic rings. The molecule has 98 valence electrons. The average molecular weight is 291 g/mol. The number of anilines is 2. The van der Waals surface area contributed by atoms with Crippen molar-refractivity contribution in [2.24, 2.45) is 0 Å². The lowest BCUT2D eigenvalue weighted by Crippen LogP contribution is -2.30. The van der Waals surface area contributed by atoms with Gasteiger partial charge in [-0.15, -0.1) is 11.8 Å². The molecule has 0 spiro atoms. The molecule has 0 fully saturated rings. The highest BCUT2D eigenvalue weighted by molar-refractivity contribution is 8.01. The van der Waals surface area contributed by atoms with Gasteiger partial charge in [-0.1, -0.05) is 29.5 Å². The Labute approximate surface area is 119 Å². The molecule has 0 bridgehead atoms. The Bertz CT molecular complexity index is 611. The molecule has 2 aromatic rings. The third-order valence-electron chi connectivity index (χ3n) is 3.03. The summed E-state index contributed by atoms with van der Waals surface area (Å²) >= 11 is 2.91. The van der Waals surface area contributed by atoms with Gasteiger partial charge in [0.25, 0.3) is 0 Å². The van der Waals surface area contributed by atoms with E-state index < -0.39 is 0 Å². The van der Waals surface area contributed by atoms with Crippen LogP contribution in [0.3, 0.4) is 0 Å². The number of rotatable bonds is 3. The maximum Gasteiger partial charge on any atom is 0.237 e. The van der Waals surface area contributed by atoms with Crippen LogP contribution in [0.2, 0.25) is 0 Å². The van der Waals surface area contributed by atoms with Gasteiger partial charge >= 0.3 is 0 Å². The van der Waals surface area contributed by atoms with Gasteiger partial charge in [-0.3, -0.25) is 4.79 Å². The van der Waals surface area contributed by atoms with Crippen LogP contribution in [0.15, 0.2) is 34.7 Å². The highest BCUT2D eigenvalue weighted by atomic mass is 32.2. The number of thioether (sulfide) groups is 1. The van der Waals surface area contributed by atoms with E-state index in [0.717, 1.165) is 22.9 Å². The molecule has 1 aliphatic heterocycles. The minimum absolute atomic E-state index is 0.141. The minimum atomic E-state index is 0.141. The first-order valence-electron chi connectivity index (χ1n) is 5.96. The third-order valence-corrected chi connectivity index (χ3v) is 5.03. The molecule has 2 heterocycles. The number of carbonyl (C=O) groups is 1. The van der Waals surface area contributed by atoms with Gasteiger partial charge in [0.05, 0.1) is 16.2 Å². The SMILES string of the molecule is Nc1ncc(SCC(=O)N2CCc3ccccc32)s1. The van der Waals surface area contributed by atoms with Crippen LogP contribution in [-0.4, -0.2) is 23.2 Å². The van der Waals surface area contributed by atoms with E-state index in [4.69, 9.17) is 5.73 Å². The second-order valence-electron chi connectivity index (χ2n) is 4.23. The molecule has 3 rings (SSSR count). The normalized spacial score (nSPS) is 13.6. The van der Waals surface area contributed by atoms with E-state index in [1.165, 1.54) is 28.7 Å². The number of nitrogen functional groups attached to an aromatic ring is 1. The number of nitrogens with zero attached hydrogens (tertiary/aromatic N) is 2. The van der Waals surface area contributed by atoms with Crippen molar-refractivity contribution < 1.29 is 4.79 Å². The Morgan fingerprint density at radius 3 is 3.11 bits per heavy atom. The molecular weight excluding hydrogens is 278 g/mol. The molecule has 2 N–H and O–H groups in total. The Morgan fingerprint density at radius 2 is 2.32 bits per heavy atom. The summed E-state index contributed by atoms with van der Waals surface area (Å²) in [5, 5.41) is 0.543. The second-order valence-corrected chi connectivity index (χ2v) is 6.57. The number of para-hydroxylation sites is 1. The van der Waals surface area contributed by atoms with Crippen molar-refractivity contribution >= 4 is 39.8 Å². The smallest absolute Gasteiger partial charge is 0.237 e. The van der Waals surface area contributed by atoms with Gasteiger partial charge in [-0.25, -0.2) is 4.98 Å². The molecule has 4 nitrogen and oxygen atoms in total. The fraction of sp³-hybridized carbons (Fsp3) is 0.231. The summed E-state index contributed by atoms with van der Waals surface area (Å²) in [5.74, 6) is 0.567. The van der Waals surface area contributed by atoms with Gasteiger partial charge in [0, 0.05) is 12.2 Å². The number of benzene rings is 1. The summed E-state index contributed by atoms with van der Waals surface area (Å²) in [6.45, 7) is 0.781. The van der Waals surface area contributed by atoms with E-state index in [1.807, 2.05) is 23.1 Å². The van der Waals surface area contributed by atoms with E-state index in [0.29, 0.717) is 10.9 Å². The lowest BCUT2D eigenvalue weighted by atomic mass is 10.2. The van der Waals surface area contributed by atoms with E-state index in [2.05, 4.69) is 11.1 Å². The van der Waals surface area contributed by atoms with Crippen LogP contribution in [0.5, 0.6) is 0 Å². The zero-order chi connectivity index (χ0) is 13.2. The first kappa shape index (κ1) is 12.5. The second kappa shape index (κ2) is 5.22. The van der Waals surface area contributed by atoms with Crippen molar-refractivity contribution in [2.45, 2.75) is 10.6 Å². The summed E-state index contributed by atoms with van der Waals surface area (Å²) in [6.07, 6.45) is 2.66. The van der Waals surface area contributed by atoms with Gasteiger partial charge in [0.15, 0.2) is 5.13 Å². The lowest BCUT2D eigenvalue weighted by molar-refractivity contribution is -0.116. The van der Waals surface area contributed by atoms with Crippen LogP contribution in [0.4, 0.5) is 10.8 Å². The predicted molar refractivity (Wildman–Crippen MR) is 79.7 cm³/mol. The molecule has 0 atom stereocenters. The van der Waals surface area contributed by atoms with Crippen molar-refractivity contribution in [3.05, 3.63) is 36.0 Å². The Hall–Kier alpha value is -1.53. The number of amides is 1. The average Bonchev–Trinajstić information content (AvgIpc) is 3.02. The molecular formula is C13H13N3OS2. The first-order chi connectivity index (χ1) is 9.24. The Balaban J connectivity index is 1.66. The van der Waals surface area contributed by atoms with Crippen LogP contribution in [0.1, 0.15) is 5.56 Å². The van der Waals surface area contributed by atoms with Gasteiger partial charge in [-0.05, 0) is 18.1 Å². The van der Waals surface area contributed by atoms with Crippen LogP contribution in [0, 0.1) is 0 Å². The fourth-order valence-corrected chi connectivity index (χ4v) is 3.78. The largest absolute Gasteiger partial charge is 0.375 e. The highest BCUT2D eigenvalue weighted by Gasteiger charge is 2.23. The number of hydrogen-bond donors (Lipinski definition) is 1. The fourth-order valence-electron chi connectivity index (χ4n) is 2.15. The van der Waals surface area contributed by atoms with Gasteiger partial charge in [0.2, 0.25) is 5.91 Å². The number of thiazole rings is 1. The Kier molecular flexibility index (Phi) is 3.44. The zero-order valence-electron chi connectivity index (χ0n) is 10.2. The van der Waals surface area contributed by atoms with E-state index in [9.17, 15) is 4.79 Å². The number of fused-ring (bicyclic) bond motifs is 1. The monoisotopic (exact) mass is 291 g/mol. The van der Waals surface area contributed by atoms with Crippen LogP contribution in [0.25, 0.3) is 0 Å². The number of hydrogen-bond acceptors (Lipinski definition) is 5. The molecule has 6 heteroatoms. The summed E-state index contributed by atoms with van der Waals surface area (Å²) in [6, 6.07) is 8.08. The van der Waals surface area contributed by atoms with Crippen LogP contribution >= 0.6 is 23.1 Å². The highest BCUT2D eigenvalue weighted by Crippen LogP contribution is 2.30. The van der Waals surface area contributed by atoms with Gasteiger partial charge < -0.3 is 10.6 Å². The lowest BCUT2D eigenvalue weighted by Gasteiger charge is -2.16. The topological polar surface area (TPSA) is 59.2 Å². The summed E-state index contributed by atoms with van der Waals surface area (Å²) < 4.78 is 0.985. The van der Waals surface area contributed by atoms with Crippen LogP contribution < -0.4 is 10.6 Å². The molecule has 0 saturated heterocycles. The molecule has 0 saturated carbocycles. The van der Waals surface area contributed by atoms with Crippen molar-refractivity contribution in [1.82, 2.24) is 4.98 Å².